The number of carbonyl (C=O) groups excluding carboxylic acids is 2. The fraction of sp³-hybridized carbons (Fsp3) is 0.440. The van der Waals surface area contributed by atoms with Crippen LogP contribution in [0.5, 0.6) is 0 Å². The van der Waals surface area contributed by atoms with E-state index in [4.69, 9.17) is 0 Å². The van der Waals surface area contributed by atoms with E-state index < -0.39 is 0 Å². The maximum absolute atomic E-state index is 12.6. The molecule has 0 aliphatic rings. The van der Waals surface area contributed by atoms with Crippen LogP contribution in [0.25, 0.3) is 0 Å². The molecule has 0 aliphatic heterocycles. The van der Waals surface area contributed by atoms with Crippen LogP contribution in [0, 0.1) is 26.7 Å². The van der Waals surface area contributed by atoms with Crippen molar-refractivity contribution in [3.8, 4) is 0 Å². The molecule has 5 heteroatoms. The average Bonchev–Trinajstić information content (AvgIpc) is 2.64. The Labute approximate surface area is 180 Å². The van der Waals surface area contributed by atoms with E-state index in [1.165, 1.54) is 5.56 Å². The molecule has 162 valence electrons. The zero-order valence-electron chi connectivity index (χ0n) is 19.1. The molecular formula is C25H36N3O2+. The van der Waals surface area contributed by atoms with Crippen molar-refractivity contribution in [3.05, 3.63) is 64.7 Å². The Balaban J connectivity index is 1.92. The number of hydrogen-bond donors (Lipinski definition) is 3. The standard InChI is InChI=1S/C25H35N3O2/c1-17(2)12-22(21-10-8-7-9-11-21)26-23(29)15-28(6)16-24(30)27-25-19(4)13-18(3)14-20(25)5/h7-11,13-14,17,22H,12,15-16H2,1-6H3,(H,26,29)(H,27,30)/p+1/t22-/m1/s1. The molecule has 3 N–H and O–H groups in total. The van der Waals surface area contributed by atoms with Crippen molar-refractivity contribution in [1.82, 2.24) is 5.32 Å². The molecule has 30 heavy (non-hydrogen) atoms. The molecular weight excluding hydrogens is 374 g/mol. The van der Waals surface area contributed by atoms with Gasteiger partial charge in [0.1, 0.15) is 0 Å². The fourth-order valence-electron chi connectivity index (χ4n) is 3.85. The maximum Gasteiger partial charge on any atom is 0.279 e. The van der Waals surface area contributed by atoms with Crippen LogP contribution in [-0.4, -0.2) is 32.0 Å². The number of benzene rings is 2. The van der Waals surface area contributed by atoms with Crippen LogP contribution in [-0.2, 0) is 9.59 Å². The zero-order chi connectivity index (χ0) is 22.3. The van der Waals surface area contributed by atoms with Gasteiger partial charge >= 0.3 is 0 Å². The highest BCUT2D eigenvalue weighted by atomic mass is 16.2. The summed E-state index contributed by atoms with van der Waals surface area (Å²) in [4.78, 5) is 26.0. The lowest BCUT2D eigenvalue weighted by Gasteiger charge is -2.22. The topological polar surface area (TPSA) is 62.6 Å². The Morgan fingerprint density at radius 3 is 2.07 bits per heavy atom. The molecule has 5 nitrogen and oxygen atoms in total. The van der Waals surface area contributed by atoms with Crippen molar-refractivity contribution in [2.75, 3.05) is 25.5 Å². The Morgan fingerprint density at radius 2 is 1.50 bits per heavy atom. The minimum absolute atomic E-state index is 0.0156. The molecule has 0 saturated carbocycles. The number of quaternary nitrogens is 1. The van der Waals surface area contributed by atoms with Crippen molar-refractivity contribution in [1.29, 1.82) is 0 Å². The Kier molecular flexibility index (Phi) is 8.60. The third kappa shape index (κ3) is 7.30. The number of amides is 2. The first-order chi connectivity index (χ1) is 14.2. The van der Waals surface area contributed by atoms with Crippen LogP contribution in [0.4, 0.5) is 5.69 Å². The minimum atomic E-state index is -0.0860. The van der Waals surface area contributed by atoms with Crippen molar-refractivity contribution in [3.63, 3.8) is 0 Å². The van der Waals surface area contributed by atoms with E-state index in [2.05, 4.69) is 36.6 Å². The molecule has 2 aromatic carbocycles. The van der Waals surface area contributed by atoms with Crippen LogP contribution in [0.2, 0.25) is 0 Å². The zero-order valence-corrected chi connectivity index (χ0v) is 19.1. The molecule has 2 aromatic rings. The summed E-state index contributed by atoms with van der Waals surface area (Å²) in [5, 5.41) is 6.16. The first-order valence-electron chi connectivity index (χ1n) is 10.7. The molecule has 1 unspecified atom stereocenters. The van der Waals surface area contributed by atoms with Gasteiger partial charge in [-0.05, 0) is 49.8 Å². The van der Waals surface area contributed by atoms with Crippen LogP contribution >= 0.6 is 0 Å². The average molecular weight is 411 g/mol. The van der Waals surface area contributed by atoms with Gasteiger partial charge in [0.05, 0.1) is 13.1 Å². The monoisotopic (exact) mass is 410 g/mol. The lowest BCUT2D eigenvalue weighted by molar-refractivity contribution is -0.862. The molecule has 0 spiro atoms. The van der Waals surface area contributed by atoms with Crippen LogP contribution < -0.4 is 15.5 Å². The summed E-state index contributed by atoms with van der Waals surface area (Å²) in [5.74, 6) is 0.335. The second kappa shape index (κ2) is 10.9. The number of rotatable bonds is 9. The number of aryl methyl sites for hydroxylation is 3. The maximum atomic E-state index is 12.6. The molecule has 0 saturated heterocycles. The third-order valence-corrected chi connectivity index (χ3v) is 5.11. The summed E-state index contributed by atoms with van der Waals surface area (Å²) in [6.45, 7) is 10.8. The summed E-state index contributed by atoms with van der Waals surface area (Å²) >= 11 is 0. The number of carbonyl (C=O) groups is 2. The molecule has 0 bridgehead atoms. The molecule has 0 fully saturated rings. The largest absolute Gasteiger partial charge is 0.344 e. The summed E-state index contributed by atoms with van der Waals surface area (Å²) in [6, 6.07) is 14.2. The number of anilines is 1. The van der Waals surface area contributed by atoms with Crippen molar-refractivity contribution < 1.29 is 14.5 Å². The van der Waals surface area contributed by atoms with Crippen LogP contribution in [0.15, 0.2) is 42.5 Å². The summed E-state index contributed by atoms with van der Waals surface area (Å²) in [5.41, 5.74) is 5.26. The van der Waals surface area contributed by atoms with Gasteiger partial charge in [0.25, 0.3) is 11.8 Å². The summed E-state index contributed by atoms with van der Waals surface area (Å²) in [7, 11) is 1.87. The number of hydrogen-bond acceptors (Lipinski definition) is 2. The SMILES string of the molecule is Cc1cc(C)c(NC(=O)C[NH+](C)CC(=O)N[C@H](CC(C)C)c2ccccc2)c(C)c1. The predicted octanol–water partition coefficient (Wildman–Crippen LogP) is 2.97. The van der Waals surface area contributed by atoms with E-state index in [0.29, 0.717) is 5.92 Å². The molecule has 0 aliphatic carbocycles. The number of likely N-dealkylation sites (N-methyl/N-ethyl adjacent to an activating group) is 1. The van der Waals surface area contributed by atoms with Gasteiger partial charge in [-0.2, -0.15) is 0 Å². The lowest BCUT2D eigenvalue weighted by Crippen LogP contribution is -3.11. The molecule has 2 rings (SSSR count). The van der Waals surface area contributed by atoms with Gasteiger partial charge in [0, 0.05) is 5.69 Å². The molecule has 0 heterocycles. The highest BCUT2D eigenvalue weighted by Crippen LogP contribution is 2.22. The fourth-order valence-corrected chi connectivity index (χ4v) is 3.85. The van der Waals surface area contributed by atoms with E-state index >= 15 is 0 Å². The number of nitrogens with one attached hydrogen (secondary N) is 3. The van der Waals surface area contributed by atoms with Gasteiger partial charge in [-0.3, -0.25) is 9.59 Å². The van der Waals surface area contributed by atoms with E-state index in [1.807, 2.05) is 58.2 Å². The first-order valence-corrected chi connectivity index (χ1v) is 10.7. The third-order valence-electron chi connectivity index (χ3n) is 5.11. The molecule has 2 amide bonds. The van der Waals surface area contributed by atoms with E-state index in [0.717, 1.165) is 33.7 Å². The van der Waals surface area contributed by atoms with Crippen LogP contribution in [0.1, 0.15) is 48.6 Å². The molecule has 0 radical (unpaired) electrons. The van der Waals surface area contributed by atoms with Gasteiger partial charge < -0.3 is 15.5 Å². The first kappa shape index (κ1) is 23.6. The van der Waals surface area contributed by atoms with Gasteiger partial charge in [-0.15, -0.1) is 0 Å². The van der Waals surface area contributed by atoms with Crippen molar-refractivity contribution >= 4 is 17.5 Å². The van der Waals surface area contributed by atoms with Crippen molar-refractivity contribution in [2.24, 2.45) is 5.92 Å². The normalized spacial score (nSPS) is 13.0. The van der Waals surface area contributed by atoms with E-state index in [-0.39, 0.29) is 30.9 Å². The van der Waals surface area contributed by atoms with Gasteiger partial charge in [-0.1, -0.05) is 61.9 Å². The predicted molar refractivity (Wildman–Crippen MR) is 123 cm³/mol. The van der Waals surface area contributed by atoms with Crippen molar-refractivity contribution in [2.45, 2.75) is 47.1 Å². The van der Waals surface area contributed by atoms with Crippen LogP contribution in [0.3, 0.4) is 0 Å². The van der Waals surface area contributed by atoms with Gasteiger partial charge in [0.2, 0.25) is 0 Å². The second-order valence-corrected chi connectivity index (χ2v) is 8.79. The Morgan fingerprint density at radius 1 is 0.933 bits per heavy atom. The van der Waals surface area contributed by atoms with Gasteiger partial charge in [-0.25, -0.2) is 0 Å². The van der Waals surface area contributed by atoms with E-state index in [9.17, 15) is 9.59 Å². The van der Waals surface area contributed by atoms with Gasteiger partial charge in [0.15, 0.2) is 13.1 Å². The van der Waals surface area contributed by atoms with E-state index in [1.54, 1.807) is 0 Å². The quantitative estimate of drug-likeness (QED) is 0.595. The Bertz CT molecular complexity index is 839. The summed E-state index contributed by atoms with van der Waals surface area (Å²) in [6.07, 6.45) is 0.876. The molecule has 2 atom stereocenters. The smallest absolute Gasteiger partial charge is 0.279 e. The Hall–Kier alpha value is -2.66. The second-order valence-electron chi connectivity index (χ2n) is 8.79. The molecule has 0 aromatic heterocycles. The lowest BCUT2D eigenvalue weighted by atomic mass is 9.97. The minimum Gasteiger partial charge on any atom is -0.344 e. The highest BCUT2D eigenvalue weighted by molar-refractivity contribution is 5.93. The highest BCUT2D eigenvalue weighted by Gasteiger charge is 2.20. The summed E-state index contributed by atoms with van der Waals surface area (Å²) < 4.78 is 0.